The molecule has 1 rings (SSSR count). The summed E-state index contributed by atoms with van der Waals surface area (Å²) in [6.45, 7) is 6.28. The van der Waals surface area contributed by atoms with E-state index in [0.29, 0.717) is 19.7 Å². The van der Waals surface area contributed by atoms with E-state index in [1.54, 1.807) is 7.11 Å². The number of hydrogen-bond acceptors (Lipinski definition) is 4. The van der Waals surface area contributed by atoms with Crippen LogP contribution in [0.3, 0.4) is 0 Å². The third-order valence-electron chi connectivity index (χ3n) is 3.17. The highest BCUT2D eigenvalue weighted by Gasteiger charge is 2.26. The van der Waals surface area contributed by atoms with Crippen LogP contribution in [0.25, 0.3) is 0 Å². The predicted octanol–water partition coefficient (Wildman–Crippen LogP) is 0.155. The Bertz CT molecular complexity index is 228. The van der Waals surface area contributed by atoms with E-state index < -0.39 is 0 Å². The molecule has 1 amide bonds. The van der Waals surface area contributed by atoms with Gasteiger partial charge >= 0.3 is 0 Å². The molecule has 1 fully saturated rings. The number of ether oxygens (including phenoxy) is 2. The lowest BCUT2D eigenvalue weighted by atomic mass is 9.82. The molecule has 1 saturated heterocycles. The van der Waals surface area contributed by atoms with Gasteiger partial charge in [-0.15, -0.1) is 0 Å². The molecule has 100 valence electrons. The molecule has 5 nitrogen and oxygen atoms in total. The van der Waals surface area contributed by atoms with Gasteiger partial charge in [0.05, 0.1) is 13.2 Å². The van der Waals surface area contributed by atoms with Crippen molar-refractivity contribution >= 4 is 5.91 Å². The topological polar surface area (TPSA) is 59.6 Å². The standard InChI is InChI=1S/C12H24N2O3/c1-12(3-6-17-7-4-12)10-13-9-11(15)14-5-8-16-2/h13H,3-10H2,1-2H3,(H,14,15). The fraction of sp³-hybridized carbons (Fsp3) is 0.917. The van der Waals surface area contributed by atoms with Gasteiger partial charge in [0, 0.05) is 33.4 Å². The van der Waals surface area contributed by atoms with E-state index >= 15 is 0 Å². The summed E-state index contributed by atoms with van der Waals surface area (Å²) >= 11 is 0. The molecule has 0 unspecified atom stereocenters. The molecule has 1 aliphatic heterocycles. The Kier molecular flexibility index (Phi) is 6.47. The van der Waals surface area contributed by atoms with E-state index in [0.717, 1.165) is 32.6 Å². The fourth-order valence-corrected chi connectivity index (χ4v) is 1.87. The van der Waals surface area contributed by atoms with Crippen molar-refractivity contribution in [3.63, 3.8) is 0 Å². The molecule has 5 heteroatoms. The fourth-order valence-electron chi connectivity index (χ4n) is 1.87. The number of amides is 1. The molecule has 0 aromatic carbocycles. The molecular formula is C12H24N2O3. The monoisotopic (exact) mass is 244 g/mol. The van der Waals surface area contributed by atoms with Crippen LogP contribution >= 0.6 is 0 Å². The van der Waals surface area contributed by atoms with Gasteiger partial charge in [0.1, 0.15) is 0 Å². The van der Waals surface area contributed by atoms with Crippen molar-refractivity contribution in [1.82, 2.24) is 10.6 Å². The van der Waals surface area contributed by atoms with E-state index in [1.165, 1.54) is 0 Å². The van der Waals surface area contributed by atoms with Crippen molar-refractivity contribution in [3.8, 4) is 0 Å². The molecule has 17 heavy (non-hydrogen) atoms. The van der Waals surface area contributed by atoms with Crippen molar-refractivity contribution in [2.75, 3.05) is 46.6 Å². The molecule has 0 aliphatic carbocycles. The predicted molar refractivity (Wildman–Crippen MR) is 65.9 cm³/mol. The SMILES string of the molecule is COCCNC(=O)CNCC1(C)CCOCC1. The number of hydrogen-bond donors (Lipinski definition) is 2. The summed E-state index contributed by atoms with van der Waals surface area (Å²) in [5.74, 6) is 0.0257. The summed E-state index contributed by atoms with van der Waals surface area (Å²) in [6, 6.07) is 0. The first-order chi connectivity index (χ1) is 8.16. The molecule has 0 aromatic heterocycles. The van der Waals surface area contributed by atoms with Gasteiger partial charge in [0.25, 0.3) is 0 Å². The number of carbonyl (C=O) groups is 1. The van der Waals surface area contributed by atoms with Gasteiger partial charge in [-0.2, -0.15) is 0 Å². The average Bonchev–Trinajstić information content (AvgIpc) is 2.30. The average molecular weight is 244 g/mol. The van der Waals surface area contributed by atoms with E-state index in [1.807, 2.05) is 0 Å². The molecule has 1 heterocycles. The molecule has 0 bridgehead atoms. The van der Waals surface area contributed by atoms with Crippen molar-refractivity contribution < 1.29 is 14.3 Å². The van der Waals surface area contributed by atoms with Gasteiger partial charge in [0.15, 0.2) is 0 Å². The van der Waals surface area contributed by atoms with Gasteiger partial charge in [-0.3, -0.25) is 4.79 Å². The number of methoxy groups -OCH3 is 1. The minimum atomic E-state index is 0.0257. The number of nitrogens with one attached hydrogen (secondary N) is 2. The summed E-state index contributed by atoms with van der Waals surface area (Å²) in [6.07, 6.45) is 2.12. The minimum absolute atomic E-state index is 0.0257. The number of rotatable bonds is 7. The maximum Gasteiger partial charge on any atom is 0.234 e. The van der Waals surface area contributed by atoms with Gasteiger partial charge < -0.3 is 20.1 Å². The Hall–Kier alpha value is -0.650. The normalized spacial score (nSPS) is 18.9. The van der Waals surface area contributed by atoms with Crippen LogP contribution in [0.5, 0.6) is 0 Å². The van der Waals surface area contributed by atoms with Crippen LogP contribution in [0.15, 0.2) is 0 Å². The van der Waals surface area contributed by atoms with Crippen LogP contribution in [0.2, 0.25) is 0 Å². The van der Waals surface area contributed by atoms with E-state index in [-0.39, 0.29) is 11.3 Å². The summed E-state index contributed by atoms with van der Waals surface area (Å²) in [5, 5.41) is 6.00. The highest BCUT2D eigenvalue weighted by molar-refractivity contribution is 5.77. The van der Waals surface area contributed by atoms with Gasteiger partial charge in [-0.1, -0.05) is 6.92 Å². The van der Waals surface area contributed by atoms with Gasteiger partial charge in [-0.05, 0) is 18.3 Å². The lowest BCUT2D eigenvalue weighted by Gasteiger charge is -2.33. The Balaban J connectivity index is 2.07. The summed E-state index contributed by atoms with van der Waals surface area (Å²) in [4.78, 5) is 11.4. The molecule has 0 saturated carbocycles. The maximum atomic E-state index is 11.4. The highest BCUT2D eigenvalue weighted by atomic mass is 16.5. The second-order valence-electron chi connectivity index (χ2n) is 4.87. The van der Waals surface area contributed by atoms with Crippen molar-refractivity contribution in [2.24, 2.45) is 5.41 Å². The van der Waals surface area contributed by atoms with Crippen LogP contribution in [-0.2, 0) is 14.3 Å². The zero-order valence-corrected chi connectivity index (χ0v) is 10.9. The maximum absolute atomic E-state index is 11.4. The first-order valence-corrected chi connectivity index (χ1v) is 6.20. The largest absolute Gasteiger partial charge is 0.383 e. The summed E-state index contributed by atoms with van der Waals surface area (Å²) < 4.78 is 10.2. The smallest absolute Gasteiger partial charge is 0.234 e. The molecule has 0 spiro atoms. The zero-order valence-electron chi connectivity index (χ0n) is 10.9. The number of carbonyl (C=O) groups excluding carboxylic acids is 1. The van der Waals surface area contributed by atoms with Crippen molar-refractivity contribution in [1.29, 1.82) is 0 Å². The quantitative estimate of drug-likeness (QED) is 0.626. The molecular weight excluding hydrogens is 220 g/mol. The molecule has 0 radical (unpaired) electrons. The summed E-state index contributed by atoms with van der Waals surface area (Å²) in [7, 11) is 1.62. The van der Waals surface area contributed by atoms with Crippen LogP contribution < -0.4 is 10.6 Å². The Labute approximate surface area is 103 Å². The highest BCUT2D eigenvalue weighted by Crippen LogP contribution is 2.28. The van der Waals surface area contributed by atoms with Crippen LogP contribution in [0.4, 0.5) is 0 Å². The van der Waals surface area contributed by atoms with Crippen LogP contribution in [-0.4, -0.2) is 52.5 Å². The molecule has 0 atom stereocenters. The van der Waals surface area contributed by atoms with Crippen LogP contribution in [0, 0.1) is 5.41 Å². The molecule has 2 N–H and O–H groups in total. The first kappa shape index (κ1) is 14.4. The lowest BCUT2D eigenvalue weighted by molar-refractivity contribution is -0.120. The summed E-state index contributed by atoms with van der Waals surface area (Å²) in [5.41, 5.74) is 0.269. The van der Waals surface area contributed by atoms with Crippen LogP contribution in [0.1, 0.15) is 19.8 Å². The third-order valence-corrected chi connectivity index (χ3v) is 3.17. The first-order valence-electron chi connectivity index (χ1n) is 6.20. The lowest BCUT2D eigenvalue weighted by Crippen LogP contribution is -2.41. The Morgan fingerprint density at radius 2 is 2.12 bits per heavy atom. The Morgan fingerprint density at radius 1 is 1.41 bits per heavy atom. The molecule has 1 aliphatic rings. The third kappa shape index (κ3) is 6.00. The van der Waals surface area contributed by atoms with Gasteiger partial charge in [0.2, 0.25) is 5.91 Å². The second kappa shape index (κ2) is 7.63. The second-order valence-corrected chi connectivity index (χ2v) is 4.87. The van der Waals surface area contributed by atoms with Crippen molar-refractivity contribution in [3.05, 3.63) is 0 Å². The van der Waals surface area contributed by atoms with E-state index in [2.05, 4.69) is 17.6 Å². The Morgan fingerprint density at radius 3 is 2.76 bits per heavy atom. The minimum Gasteiger partial charge on any atom is -0.383 e. The molecule has 0 aromatic rings. The van der Waals surface area contributed by atoms with E-state index in [9.17, 15) is 4.79 Å². The van der Waals surface area contributed by atoms with E-state index in [4.69, 9.17) is 9.47 Å². The van der Waals surface area contributed by atoms with Gasteiger partial charge in [-0.25, -0.2) is 0 Å². The van der Waals surface area contributed by atoms with Crippen molar-refractivity contribution in [2.45, 2.75) is 19.8 Å². The zero-order chi connectivity index (χ0) is 12.6.